The van der Waals surface area contributed by atoms with Crippen LogP contribution >= 0.6 is 0 Å². The number of hydrogen-bond acceptors (Lipinski definition) is 2. The van der Waals surface area contributed by atoms with Crippen LogP contribution in [-0.4, -0.2) is 14.9 Å². The average Bonchev–Trinajstić information content (AvgIpc) is 2.54. The summed E-state index contributed by atoms with van der Waals surface area (Å²) in [7, 11) is 0. The summed E-state index contributed by atoms with van der Waals surface area (Å²) in [6.45, 7) is 10.7. The molecular formula is C14H26N2O. The van der Waals surface area contributed by atoms with Gasteiger partial charge >= 0.3 is 0 Å². The molecular weight excluding hydrogens is 212 g/mol. The molecule has 1 aromatic rings. The first-order valence-corrected chi connectivity index (χ1v) is 6.72. The highest BCUT2D eigenvalue weighted by Gasteiger charge is 2.23. The molecule has 0 atom stereocenters. The van der Waals surface area contributed by atoms with Crippen LogP contribution in [0.5, 0.6) is 5.75 Å². The zero-order valence-electron chi connectivity index (χ0n) is 11.9. The molecule has 98 valence electrons. The van der Waals surface area contributed by atoms with Crippen LogP contribution in [0.2, 0.25) is 0 Å². The zero-order valence-corrected chi connectivity index (χ0v) is 11.9. The van der Waals surface area contributed by atoms with E-state index in [0.717, 1.165) is 43.5 Å². The fraction of sp³-hybridized carbons (Fsp3) is 0.786. The third-order valence-electron chi connectivity index (χ3n) is 2.91. The van der Waals surface area contributed by atoms with Crippen molar-refractivity contribution >= 4 is 0 Å². The monoisotopic (exact) mass is 238 g/mol. The number of aromatic hydroxyl groups is 1. The Balaban J connectivity index is 3.12. The summed E-state index contributed by atoms with van der Waals surface area (Å²) >= 11 is 0. The molecule has 0 amide bonds. The SMILES string of the molecule is CCCCc1c(O)c(CCC)nn1C(C)(C)C. The van der Waals surface area contributed by atoms with Crippen LogP contribution in [0.1, 0.15) is 65.3 Å². The van der Waals surface area contributed by atoms with Gasteiger partial charge in [-0.25, -0.2) is 0 Å². The van der Waals surface area contributed by atoms with E-state index in [1.165, 1.54) is 0 Å². The largest absolute Gasteiger partial charge is 0.504 e. The molecule has 1 heterocycles. The van der Waals surface area contributed by atoms with E-state index in [-0.39, 0.29) is 5.54 Å². The Labute approximate surface area is 105 Å². The van der Waals surface area contributed by atoms with Crippen LogP contribution in [0.4, 0.5) is 0 Å². The molecule has 0 saturated carbocycles. The Bertz CT molecular complexity index is 361. The van der Waals surface area contributed by atoms with Gasteiger partial charge in [-0.2, -0.15) is 5.10 Å². The molecule has 0 unspecified atom stereocenters. The van der Waals surface area contributed by atoms with Gasteiger partial charge in [-0.15, -0.1) is 0 Å². The van der Waals surface area contributed by atoms with Crippen LogP contribution in [0.3, 0.4) is 0 Å². The van der Waals surface area contributed by atoms with Crippen molar-refractivity contribution in [3.63, 3.8) is 0 Å². The summed E-state index contributed by atoms with van der Waals surface area (Å²) in [5.74, 6) is 0.426. The number of nitrogens with zero attached hydrogens (tertiary/aromatic N) is 2. The lowest BCUT2D eigenvalue weighted by atomic mass is 10.1. The molecule has 1 rings (SSSR count). The van der Waals surface area contributed by atoms with E-state index in [9.17, 15) is 5.11 Å². The summed E-state index contributed by atoms with van der Waals surface area (Å²) < 4.78 is 2.00. The van der Waals surface area contributed by atoms with E-state index in [4.69, 9.17) is 0 Å². The minimum absolute atomic E-state index is 0.0630. The van der Waals surface area contributed by atoms with Crippen molar-refractivity contribution in [3.8, 4) is 5.75 Å². The van der Waals surface area contributed by atoms with Gasteiger partial charge < -0.3 is 5.11 Å². The summed E-state index contributed by atoms with van der Waals surface area (Å²) in [4.78, 5) is 0. The molecule has 1 N–H and O–H groups in total. The maximum atomic E-state index is 10.2. The van der Waals surface area contributed by atoms with Gasteiger partial charge in [0, 0.05) is 0 Å². The lowest BCUT2D eigenvalue weighted by molar-refractivity contribution is 0.337. The summed E-state index contributed by atoms with van der Waals surface area (Å²) in [5.41, 5.74) is 1.79. The van der Waals surface area contributed by atoms with Crippen molar-refractivity contribution in [2.24, 2.45) is 0 Å². The van der Waals surface area contributed by atoms with Gasteiger partial charge in [0.25, 0.3) is 0 Å². The van der Waals surface area contributed by atoms with Crippen molar-refractivity contribution in [1.29, 1.82) is 0 Å². The maximum Gasteiger partial charge on any atom is 0.160 e. The van der Waals surface area contributed by atoms with E-state index in [0.29, 0.717) is 5.75 Å². The first kappa shape index (κ1) is 14.1. The highest BCUT2D eigenvalue weighted by Crippen LogP contribution is 2.29. The van der Waals surface area contributed by atoms with Gasteiger partial charge in [0.1, 0.15) is 5.69 Å². The zero-order chi connectivity index (χ0) is 13.1. The molecule has 0 spiro atoms. The second kappa shape index (κ2) is 5.56. The average molecular weight is 238 g/mol. The Hall–Kier alpha value is -0.990. The smallest absolute Gasteiger partial charge is 0.160 e. The van der Waals surface area contributed by atoms with Crippen molar-refractivity contribution in [3.05, 3.63) is 11.4 Å². The van der Waals surface area contributed by atoms with Crippen LogP contribution in [-0.2, 0) is 18.4 Å². The van der Waals surface area contributed by atoms with Crippen LogP contribution in [0.15, 0.2) is 0 Å². The molecule has 0 aliphatic rings. The predicted molar refractivity (Wildman–Crippen MR) is 71.5 cm³/mol. The summed E-state index contributed by atoms with van der Waals surface area (Å²) in [5, 5.41) is 14.8. The normalized spacial score (nSPS) is 12.1. The Kier molecular flexibility index (Phi) is 4.61. The second-order valence-corrected chi connectivity index (χ2v) is 5.68. The molecule has 3 heteroatoms. The number of rotatable bonds is 5. The standard InChI is InChI=1S/C14H26N2O/c1-6-8-10-12-13(17)11(9-7-2)15-16(12)14(3,4)5/h17H,6-10H2,1-5H3. The van der Waals surface area contributed by atoms with E-state index in [2.05, 4.69) is 39.7 Å². The second-order valence-electron chi connectivity index (χ2n) is 5.68. The summed E-state index contributed by atoms with van der Waals surface area (Å²) in [6.07, 6.45) is 5.02. The van der Waals surface area contributed by atoms with Crippen LogP contribution < -0.4 is 0 Å². The molecule has 0 radical (unpaired) electrons. The predicted octanol–water partition coefficient (Wildman–Crippen LogP) is 3.64. The van der Waals surface area contributed by atoms with E-state index in [1.54, 1.807) is 0 Å². The number of unbranched alkanes of at least 4 members (excludes halogenated alkanes) is 1. The third-order valence-corrected chi connectivity index (χ3v) is 2.91. The van der Waals surface area contributed by atoms with Crippen molar-refractivity contribution in [2.45, 2.75) is 72.3 Å². The van der Waals surface area contributed by atoms with Crippen LogP contribution in [0.25, 0.3) is 0 Å². The summed E-state index contributed by atoms with van der Waals surface area (Å²) in [6, 6.07) is 0. The molecule has 0 fully saturated rings. The van der Waals surface area contributed by atoms with Gasteiger partial charge in [-0.05, 0) is 40.0 Å². The van der Waals surface area contributed by atoms with Crippen molar-refractivity contribution < 1.29 is 5.11 Å². The maximum absolute atomic E-state index is 10.2. The Morgan fingerprint density at radius 2 is 1.76 bits per heavy atom. The molecule has 0 aliphatic heterocycles. The highest BCUT2D eigenvalue weighted by atomic mass is 16.3. The van der Waals surface area contributed by atoms with E-state index >= 15 is 0 Å². The molecule has 0 aliphatic carbocycles. The minimum Gasteiger partial charge on any atom is -0.504 e. The first-order valence-electron chi connectivity index (χ1n) is 6.72. The molecule has 17 heavy (non-hydrogen) atoms. The quantitative estimate of drug-likeness (QED) is 0.850. The number of hydrogen-bond donors (Lipinski definition) is 1. The fourth-order valence-corrected chi connectivity index (χ4v) is 2.02. The lowest BCUT2D eigenvalue weighted by Crippen LogP contribution is -2.25. The van der Waals surface area contributed by atoms with Gasteiger partial charge in [0.05, 0.1) is 11.2 Å². The number of aryl methyl sites for hydroxylation is 1. The van der Waals surface area contributed by atoms with Crippen molar-refractivity contribution in [1.82, 2.24) is 9.78 Å². The highest BCUT2D eigenvalue weighted by molar-refractivity contribution is 5.33. The van der Waals surface area contributed by atoms with Gasteiger partial charge in [0.15, 0.2) is 5.75 Å². The lowest BCUT2D eigenvalue weighted by Gasteiger charge is -2.22. The molecule has 3 nitrogen and oxygen atoms in total. The van der Waals surface area contributed by atoms with Gasteiger partial charge in [-0.1, -0.05) is 26.7 Å². The molecule has 1 aromatic heterocycles. The van der Waals surface area contributed by atoms with E-state index in [1.807, 2.05) is 4.68 Å². The van der Waals surface area contributed by atoms with E-state index < -0.39 is 0 Å². The first-order chi connectivity index (χ1) is 7.91. The Morgan fingerprint density at radius 3 is 2.24 bits per heavy atom. The fourth-order valence-electron chi connectivity index (χ4n) is 2.02. The Morgan fingerprint density at radius 1 is 1.12 bits per heavy atom. The third kappa shape index (κ3) is 3.24. The topological polar surface area (TPSA) is 38.1 Å². The van der Waals surface area contributed by atoms with Crippen molar-refractivity contribution in [2.75, 3.05) is 0 Å². The van der Waals surface area contributed by atoms with Crippen LogP contribution in [0, 0.1) is 0 Å². The minimum atomic E-state index is -0.0630. The molecule has 0 saturated heterocycles. The van der Waals surface area contributed by atoms with Gasteiger partial charge in [0.2, 0.25) is 0 Å². The van der Waals surface area contributed by atoms with Gasteiger partial charge in [-0.3, -0.25) is 4.68 Å². The molecule has 0 bridgehead atoms. The molecule has 0 aromatic carbocycles. The number of aromatic nitrogens is 2.